The van der Waals surface area contributed by atoms with E-state index in [1.54, 1.807) is 12.1 Å². The monoisotopic (exact) mass is 302 g/mol. The van der Waals surface area contributed by atoms with E-state index in [1.807, 2.05) is 0 Å². The lowest BCUT2D eigenvalue weighted by atomic mass is 10.1. The van der Waals surface area contributed by atoms with Gasteiger partial charge in [-0.3, -0.25) is 0 Å². The van der Waals surface area contributed by atoms with Crippen molar-refractivity contribution in [3.8, 4) is 11.5 Å². The van der Waals surface area contributed by atoms with E-state index < -0.39 is 20.8 Å². The van der Waals surface area contributed by atoms with Crippen LogP contribution < -0.4 is 8.37 Å². The summed E-state index contributed by atoms with van der Waals surface area (Å²) < 4.78 is 58.4. The third-order valence-corrected chi connectivity index (χ3v) is 4.47. The zero-order chi connectivity index (χ0) is 13.7. The molecule has 0 fully saturated rings. The maximum absolute atomic E-state index is 11.4. The van der Waals surface area contributed by atoms with Gasteiger partial charge >= 0.3 is 20.8 Å². The Bertz CT molecular complexity index is 799. The lowest BCUT2D eigenvalue weighted by Gasteiger charge is -2.11. The molecule has 1 aliphatic rings. The number of fused-ring (bicyclic) bond motifs is 2. The quantitative estimate of drug-likeness (QED) is 0.719. The molecule has 7 nitrogen and oxygen atoms in total. The Hall–Kier alpha value is -1.84. The van der Waals surface area contributed by atoms with Gasteiger partial charge in [-0.2, -0.15) is 16.8 Å². The van der Waals surface area contributed by atoms with E-state index in [1.165, 1.54) is 24.3 Å². The molecule has 9 heteroatoms. The second-order valence-corrected chi connectivity index (χ2v) is 6.23. The average molecular weight is 302 g/mol. The van der Waals surface area contributed by atoms with E-state index >= 15 is 0 Å². The van der Waals surface area contributed by atoms with Gasteiger partial charge in [0.15, 0.2) is 0 Å². The van der Waals surface area contributed by atoms with Gasteiger partial charge < -0.3 is 8.37 Å². The van der Waals surface area contributed by atoms with Crippen molar-refractivity contribution < 1.29 is 28.8 Å². The van der Waals surface area contributed by atoms with Crippen molar-refractivity contribution in [2.24, 2.45) is 0 Å². The van der Waals surface area contributed by atoms with Crippen molar-refractivity contribution in [2.75, 3.05) is 0 Å². The predicted molar refractivity (Wildman–Crippen MR) is 64.1 cm³/mol. The van der Waals surface area contributed by atoms with Crippen LogP contribution in [-0.2, 0) is 24.4 Å². The first-order valence-electron chi connectivity index (χ1n) is 4.97. The van der Waals surface area contributed by atoms with Gasteiger partial charge in [0.25, 0.3) is 0 Å². The molecule has 0 aromatic heterocycles. The summed E-state index contributed by atoms with van der Waals surface area (Å²) in [7, 11) is -9.53. The van der Waals surface area contributed by atoms with Gasteiger partial charge in [-0.15, -0.1) is 0 Å². The second kappa shape index (κ2) is 3.83. The van der Waals surface area contributed by atoms with Crippen LogP contribution in [0.5, 0.6) is 11.5 Å². The highest BCUT2D eigenvalue weighted by Gasteiger charge is 2.28. The number of benzene rings is 2. The summed E-state index contributed by atoms with van der Waals surface area (Å²) >= 11 is 0. The summed E-state index contributed by atoms with van der Waals surface area (Å²) in [5.41, 5.74) is 0. The molecule has 0 atom stereocenters. The van der Waals surface area contributed by atoms with Crippen LogP contribution in [-0.4, -0.2) is 16.8 Å². The summed E-state index contributed by atoms with van der Waals surface area (Å²) in [5.74, 6) is -0.108. The van der Waals surface area contributed by atoms with Gasteiger partial charge in [-0.05, 0) is 35.0 Å². The zero-order valence-electron chi connectivity index (χ0n) is 9.14. The Labute approximate surface area is 109 Å². The average Bonchev–Trinajstić information content (AvgIpc) is 2.24. The van der Waals surface area contributed by atoms with Gasteiger partial charge in [-0.25, -0.2) is 0 Å². The lowest BCUT2D eigenvalue weighted by molar-refractivity contribution is 0.351. The Morgan fingerprint density at radius 2 is 1.16 bits per heavy atom. The van der Waals surface area contributed by atoms with Gasteiger partial charge in [-0.1, -0.05) is 15.8 Å². The molecule has 0 N–H and O–H groups in total. The fourth-order valence-corrected chi connectivity index (χ4v) is 3.39. The molecule has 0 amide bonds. The molecule has 0 saturated carbocycles. The first-order chi connectivity index (χ1) is 8.83. The molecule has 0 radical (unpaired) electrons. The van der Waals surface area contributed by atoms with Gasteiger partial charge in [0.05, 0.1) is 0 Å². The molecule has 1 heterocycles. The Balaban J connectivity index is 2.30. The molecule has 2 aromatic rings. The van der Waals surface area contributed by atoms with E-state index in [0.717, 1.165) is 5.39 Å². The van der Waals surface area contributed by atoms with E-state index in [4.69, 9.17) is 0 Å². The maximum atomic E-state index is 11.4. The molecular weight excluding hydrogens is 296 g/mol. The lowest BCUT2D eigenvalue weighted by Crippen LogP contribution is -2.22. The minimum Gasteiger partial charge on any atom is -0.361 e. The minimum absolute atomic E-state index is 0.0539. The SMILES string of the molecule is O=S1(=O)Oc2ccc3ccc(cc3c2)OS(=O)(=O)O1. The van der Waals surface area contributed by atoms with Crippen molar-refractivity contribution in [1.82, 2.24) is 0 Å². The van der Waals surface area contributed by atoms with Crippen molar-refractivity contribution in [2.45, 2.75) is 0 Å². The van der Waals surface area contributed by atoms with Crippen molar-refractivity contribution in [1.29, 1.82) is 0 Å². The van der Waals surface area contributed by atoms with E-state index in [0.29, 0.717) is 5.39 Å². The number of rotatable bonds is 0. The Morgan fingerprint density at radius 3 is 1.63 bits per heavy atom. The Kier molecular flexibility index (Phi) is 2.46. The van der Waals surface area contributed by atoms with Crippen LogP contribution in [0.3, 0.4) is 0 Å². The topological polar surface area (TPSA) is 96.0 Å². The first-order valence-corrected chi connectivity index (χ1v) is 7.63. The highest BCUT2D eigenvalue weighted by Crippen LogP contribution is 2.28. The molecule has 100 valence electrons. The fraction of sp³-hybridized carbons (Fsp3) is 0. The summed E-state index contributed by atoms with van der Waals surface area (Å²) in [6.07, 6.45) is 0. The third-order valence-electron chi connectivity index (χ3n) is 2.35. The first kappa shape index (κ1) is 12.2. The maximum Gasteiger partial charge on any atom is 0.466 e. The Morgan fingerprint density at radius 1 is 0.684 bits per heavy atom. The number of hydrogen-bond donors (Lipinski definition) is 0. The highest BCUT2D eigenvalue weighted by molar-refractivity contribution is 7.95. The molecule has 3 rings (SSSR count). The molecule has 0 aliphatic carbocycles. The zero-order valence-corrected chi connectivity index (χ0v) is 10.8. The van der Waals surface area contributed by atoms with Gasteiger partial charge in [0, 0.05) is 0 Å². The predicted octanol–water partition coefficient (Wildman–Crippen LogP) is 1.12. The smallest absolute Gasteiger partial charge is 0.361 e. The standard InChI is InChI=1S/C10H6O7S2/c11-18(12)15-9-3-1-7-2-4-10(6-8(7)5-9)16-19(13,14)17-18/h1-6H. The van der Waals surface area contributed by atoms with Gasteiger partial charge in [0.2, 0.25) is 0 Å². The van der Waals surface area contributed by atoms with Crippen molar-refractivity contribution in [3.05, 3.63) is 36.4 Å². The minimum atomic E-state index is -4.76. The van der Waals surface area contributed by atoms with E-state index in [9.17, 15) is 16.8 Å². The molecule has 1 aliphatic heterocycles. The summed E-state index contributed by atoms with van der Waals surface area (Å²) in [6.45, 7) is 0. The highest BCUT2D eigenvalue weighted by atomic mass is 32.3. The van der Waals surface area contributed by atoms with E-state index in [-0.39, 0.29) is 11.5 Å². The fourth-order valence-electron chi connectivity index (χ4n) is 1.67. The molecule has 2 aromatic carbocycles. The van der Waals surface area contributed by atoms with Crippen LogP contribution in [0.1, 0.15) is 0 Å². The van der Waals surface area contributed by atoms with Crippen molar-refractivity contribution >= 4 is 31.6 Å². The largest absolute Gasteiger partial charge is 0.466 e. The molecular formula is C10H6O7S2. The molecule has 0 unspecified atom stereocenters. The van der Waals surface area contributed by atoms with Crippen LogP contribution in [0, 0.1) is 0 Å². The van der Waals surface area contributed by atoms with Crippen LogP contribution in [0.15, 0.2) is 36.4 Å². The van der Waals surface area contributed by atoms with Crippen LogP contribution in [0.2, 0.25) is 0 Å². The van der Waals surface area contributed by atoms with Crippen LogP contribution >= 0.6 is 0 Å². The second-order valence-electron chi connectivity index (χ2n) is 3.72. The van der Waals surface area contributed by atoms with Crippen LogP contribution in [0.25, 0.3) is 10.8 Å². The molecule has 19 heavy (non-hydrogen) atoms. The molecule has 0 spiro atoms. The van der Waals surface area contributed by atoms with E-state index in [2.05, 4.69) is 12.0 Å². The summed E-state index contributed by atoms with van der Waals surface area (Å²) in [6, 6.07) is 8.89. The number of hydrogen-bond acceptors (Lipinski definition) is 7. The molecule has 3 bridgehead atoms. The van der Waals surface area contributed by atoms with Crippen molar-refractivity contribution in [3.63, 3.8) is 0 Å². The summed E-state index contributed by atoms with van der Waals surface area (Å²) in [4.78, 5) is 0. The normalized spacial score (nSPS) is 19.8. The van der Waals surface area contributed by atoms with Gasteiger partial charge in [0.1, 0.15) is 11.5 Å². The summed E-state index contributed by atoms with van der Waals surface area (Å²) in [5, 5.41) is 1.35. The van der Waals surface area contributed by atoms with Crippen LogP contribution in [0.4, 0.5) is 0 Å². The third kappa shape index (κ3) is 2.48. The molecule has 0 saturated heterocycles.